The zero-order valence-corrected chi connectivity index (χ0v) is 12.9. The van der Waals surface area contributed by atoms with E-state index in [0.717, 1.165) is 6.42 Å². The van der Waals surface area contributed by atoms with Crippen LogP contribution in [0, 0.1) is 0 Å². The van der Waals surface area contributed by atoms with Crippen LogP contribution in [0.25, 0.3) is 0 Å². The minimum Gasteiger partial charge on any atom is -0.481 e. The number of amides is 2. The molecule has 7 heteroatoms. The SMILES string of the molecule is CCCC(CC(=O)O)NC(=O)C(C)NC(=O)c1cccs1. The van der Waals surface area contributed by atoms with Crippen molar-refractivity contribution in [3.8, 4) is 0 Å². The van der Waals surface area contributed by atoms with Gasteiger partial charge < -0.3 is 15.7 Å². The highest BCUT2D eigenvalue weighted by molar-refractivity contribution is 7.12. The van der Waals surface area contributed by atoms with Gasteiger partial charge in [0, 0.05) is 6.04 Å². The van der Waals surface area contributed by atoms with Crippen LogP contribution in [0.2, 0.25) is 0 Å². The minimum atomic E-state index is -0.955. The molecule has 21 heavy (non-hydrogen) atoms. The summed E-state index contributed by atoms with van der Waals surface area (Å²) < 4.78 is 0. The quantitative estimate of drug-likeness (QED) is 0.680. The molecule has 0 saturated heterocycles. The van der Waals surface area contributed by atoms with E-state index >= 15 is 0 Å². The van der Waals surface area contributed by atoms with Crippen molar-refractivity contribution in [2.24, 2.45) is 0 Å². The number of carboxylic acid groups (broad SMARTS) is 1. The smallest absolute Gasteiger partial charge is 0.305 e. The zero-order chi connectivity index (χ0) is 15.8. The molecule has 0 bridgehead atoms. The first-order valence-corrected chi connectivity index (χ1v) is 7.68. The molecule has 6 nitrogen and oxygen atoms in total. The molecule has 0 aromatic carbocycles. The van der Waals surface area contributed by atoms with Crippen molar-refractivity contribution in [3.63, 3.8) is 0 Å². The molecule has 2 atom stereocenters. The van der Waals surface area contributed by atoms with Crippen molar-refractivity contribution in [3.05, 3.63) is 22.4 Å². The molecular weight excluding hydrogens is 292 g/mol. The van der Waals surface area contributed by atoms with E-state index < -0.39 is 18.1 Å². The van der Waals surface area contributed by atoms with Crippen molar-refractivity contribution in [1.82, 2.24) is 10.6 Å². The van der Waals surface area contributed by atoms with Gasteiger partial charge in [0.25, 0.3) is 5.91 Å². The number of carboxylic acids is 1. The van der Waals surface area contributed by atoms with Gasteiger partial charge in [-0.1, -0.05) is 19.4 Å². The van der Waals surface area contributed by atoms with Crippen LogP contribution in [0.5, 0.6) is 0 Å². The lowest BCUT2D eigenvalue weighted by molar-refractivity contribution is -0.137. The number of nitrogens with one attached hydrogen (secondary N) is 2. The summed E-state index contributed by atoms with van der Waals surface area (Å²) in [6, 6.07) is 2.30. The van der Waals surface area contributed by atoms with Gasteiger partial charge in [0.15, 0.2) is 0 Å². The summed E-state index contributed by atoms with van der Waals surface area (Å²) in [6.45, 7) is 3.49. The summed E-state index contributed by atoms with van der Waals surface area (Å²) in [4.78, 5) is 35.1. The normalized spacial score (nSPS) is 13.2. The average Bonchev–Trinajstić information content (AvgIpc) is 2.91. The Morgan fingerprint density at radius 1 is 1.33 bits per heavy atom. The molecular formula is C14H20N2O4S. The van der Waals surface area contributed by atoms with Gasteiger partial charge in [-0.3, -0.25) is 14.4 Å². The van der Waals surface area contributed by atoms with Gasteiger partial charge in [0.2, 0.25) is 5.91 Å². The van der Waals surface area contributed by atoms with Gasteiger partial charge in [-0.05, 0) is 24.8 Å². The monoisotopic (exact) mass is 312 g/mol. The van der Waals surface area contributed by atoms with E-state index in [1.54, 1.807) is 24.4 Å². The van der Waals surface area contributed by atoms with Crippen LogP contribution >= 0.6 is 11.3 Å². The molecule has 0 aliphatic carbocycles. The lowest BCUT2D eigenvalue weighted by Crippen LogP contribution is -2.48. The topological polar surface area (TPSA) is 95.5 Å². The second kappa shape index (κ2) is 8.41. The maximum atomic E-state index is 12.0. The number of aliphatic carboxylic acids is 1. The third-order valence-electron chi connectivity index (χ3n) is 2.89. The van der Waals surface area contributed by atoms with Crippen LogP contribution in [0.3, 0.4) is 0 Å². The number of carbonyl (C=O) groups excluding carboxylic acids is 2. The Bertz CT molecular complexity index is 487. The second-order valence-corrected chi connectivity index (χ2v) is 5.71. The molecule has 1 heterocycles. The minimum absolute atomic E-state index is 0.120. The van der Waals surface area contributed by atoms with Gasteiger partial charge in [0.1, 0.15) is 6.04 Å². The summed E-state index contributed by atoms with van der Waals surface area (Å²) in [5.41, 5.74) is 0. The van der Waals surface area contributed by atoms with E-state index in [0.29, 0.717) is 11.3 Å². The molecule has 116 valence electrons. The summed E-state index contributed by atoms with van der Waals surface area (Å²) >= 11 is 1.29. The third-order valence-corrected chi connectivity index (χ3v) is 3.76. The molecule has 1 rings (SSSR count). The highest BCUT2D eigenvalue weighted by Crippen LogP contribution is 2.08. The van der Waals surface area contributed by atoms with Gasteiger partial charge in [0.05, 0.1) is 11.3 Å². The number of rotatable bonds is 8. The largest absolute Gasteiger partial charge is 0.481 e. The first-order valence-electron chi connectivity index (χ1n) is 6.80. The van der Waals surface area contributed by atoms with Crippen molar-refractivity contribution < 1.29 is 19.5 Å². The van der Waals surface area contributed by atoms with E-state index in [-0.39, 0.29) is 18.2 Å². The van der Waals surface area contributed by atoms with Crippen LogP contribution in [0.15, 0.2) is 17.5 Å². The second-order valence-electron chi connectivity index (χ2n) is 4.76. The highest BCUT2D eigenvalue weighted by atomic mass is 32.1. The van der Waals surface area contributed by atoms with Crippen LogP contribution in [0.4, 0.5) is 0 Å². The number of hydrogen-bond acceptors (Lipinski definition) is 4. The summed E-state index contributed by atoms with van der Waals surface area (Å²) in [5.74, 6) is -1.64. The van der Waals surface area contributed by atoms with E-state index in [1.807, 2.05) is 6.92 Å². The number of hydrogen-bond donors (Lipinski definition) is 3. The molecule has 1 aromatic heterocycles. The molecule has 0 fully saturated rings. The van der Waals surface area contributed by atoms with Crippen LogP contribution in [-0.4, -0.2) is 35.0 Å². The average molecular weight is 312 g/mol. The van der Waals surface area contributed by atoms with Crippen LogP contribution < -0.4 is 10.6 Å². The van der Waals surface area contributed by atoms with E-state index in [2.05, 4.69) is 10.6 Å². The van der Waals surface area contributed by atoms with Gasteiger partial charge in [-0.15, -0.1) is 11.3 Å². The maximum Gasteiger partial charge on any atom is 0.305 e. The standard InChI is InChI=1S/C14H20N2O4S/c1-3-5-10(8-12(17)18)16-13(19)9(2)15-14(20)11-6-4-7-21-11/h4,6-7,9-10H,3,5,8H2,1-2H3,(H,15,20)(H,16,19)(H,17,18). The predicted molar refractivity (Wildman–Crippen MR) is 80.3 cm³/mol. The molecule has 1 aromatic rings. The Balaban J connectivity index is 2.52. The molecule has 0 radical (unpaired) electrons. The van der Waals surface area contributed by atoms with Gasteiger partial charge in [-0.2, -0.15) is 0 Å². The van der Waals surface area contributed by atoms with Crippen molar-refractivity contribution in [2.45, 2.75) is 45.2 Å². The first kappa shape index (κ1) is 17.2. The lowest BCUT2D eigenvalue weighted by atomic mass is 10.1. The van der Waals surface area contributed by atoms with Crippen molar-refractivity contribution in [2.75, 3.05) is 0 Å². The lowest BCUT2D eigenvalue weighted by Gasteiger charge is -2.19. The number of carbonyl (C=O) groups is 3. The van der Waals surface area contributed by atoms with Crippen LogP contribution in [-0.2, 0) is 9.59 Å². The Morgan fingerprint density at radius 3 is 2.57 bits per heavy atom. The first-order chi connectivity index (χ1) is 9.93. The van der Waals surface area contributed by atoms with Crippen LogP contribution in [0.1, 0.15) is 42.8 Å². The molecule has 2 amide bonds. The van der Waals surface area contributed by atoms with E-state index in [4.69, 9.17) is 5.11 Å². The van der Waals surface area contributed by atoms with Gasteiger partial charge >= 0.3 is 5.97 Å². The zero-order valence-electron chi connectivity index (χ0n) is 12.1. The fourth-order valence-electron chi connectivity index (χ4n) is 1.85. The Hall–Kier alpha value is -1.89. The molecule has 0 spiro atoms. The fraction of sp³-hybridized carbons (Fsp3) is 0.500. The molecule has 3 N–H and O–H groups in total. The Labute approximate surface area is 127 Å². The Kier molecular flexibility index (Phi) is 6.87. The molecule has 0 aliphatic rings. The number of thiophene rings is 1. The maximum absolute atomic E-state index is 12.0. The van der Waals surface area contributed by atoms with Crippen molar-refractivity contribution >= 4 is 29.1 Å². The fourth-order valence-corrected chi connectivity index (χ4v) is 2.48. The molecule has 2 unspecified atom stereocenters. The summed E-state index contributed by atoms with van der Waals surface area (Å²) in [5, 5.41) is 15.9. The van der Waals surface area contributed by atoms with Gasteiger partial charge in [-0.25, -0.2) is 0 Å². The van der Waals surface area contributed by atoms with E-state index in [9.17, 15) is 14.4 Å². The Morgan fingerprint density at radius 2 is 2.05 bits per heavy atom. The molecule has 0 saturated carbocycles. The highest BCUT2D eigenvalue weighted by Gasteiger charge is 2.21. The summed E-state index contributed by atoms with van der Waals surface area (Å²) in [6.07, 6.45) is 1.24. The van der Waals surface area contributed by atoms with E-state index in [1.165, 1.54) is 11.3 Å². The predicted octanol–water partition coefficient (Wildman–Crippen LogP) is 1.63. The summed E-state index contributed by atoms with van der Waals surface area (Å²) in [7, 11) is 0. The third kappa shape index (κ3) is 5.95. The van der Waals surface area contributed by atoms with Crippen molar-refractivity contribution in [1.29, 1.82) is 0 Å². The molecule has 0 aliphatic heterocycles.